The summed E-state index contributed by atoms with van der Waals surface area (Å²) in [4.78, 5) is 11.8. The van der Waals surface area contributed by atoms with Crippen LogP contribution in [0.4, 0.5) is 0 Å². The molecule has 0 N–H and O–H groups in total. The summed E-state index contributed by atoms with van der Waals surface area (Å²) in [6.07, 6.45) is 16.6. The monoisotopic (exact) mass is 274 g/mol. The van der Waals surface area contributed by atoms with Crippen molar-refractivity contribution in [3.63, 3.8) is 0 Å². The van der Waals surface area contributed by atoms with Crippen LogP contribution in [0.1, 0.15) is 77.6 Å². The van der Waals surface area contributed by atoms with Gasteiger partial charge in [-0.1, -0.05) is 26.2 Å². The molecule has 4 aliphatic carbocycles. The molecule has 6 atom stereocenters. The molecule has 0 amide bonds. The normalized spacial score (nSPS) is 54.6. The Morgan fingerprint density at radius 3 is 2.60 bits per heavy atom. The van der Waals surface area contributed by atoms with Crippen LogP contribution in [-0.4, -0.2) is 6.29 Å². The fourth-order valence-corrected chi connectivity index (χ4v) is 7.21. The SMILES string of the molecule is C[C@]12CCCC[C@@H]1CC[C@H]1[C@@H]3CCC[C@@]3(C=O)CC[C@@H]12. The average Bonchev–Trinajstić information content (AvgIpc) is 2.91. The Morgan fingerprint density at radius 1 is 0.850 bits per heavy atom. The molecule has 0 unspecified atom stereocenters. The van der Waals surface area contributed by atoms with E-state index < -0.39 is 0 Å². The lowest BCUT2D eigenvalue weighted by atomic mass is 9.45. The Labute approximate surface area is 123 Å². The van der Waals surface area contributed by atoms with Crippen LogP contribution in [0, 0.1) is 34.5 Å². The summed E-state index contributed by atoms with van der Waals surface area (Å²) in [7, 11) is 0. The first kappa shape index (κ1) is 13.3. The van der Waals surface area contributed by atoms with Gasteiger partial charge in [0.15, 0.2) is 0 Å². The van der Waals surface area contributed by atoms with E-state index in [2.05, 4.69) is 6.92 Å². The fraction of sp³-hybridized carbons (Fsp3) is 0.947. The summed E-state index contributed by atoms with van der Waals surface area (Å²) >= 11 is 0. The van der Waals surface area contributed by atoms with E-state index in [9.17, 15) is 4.79 Å². The molecule has 0 saturated heterocycles. The summed E-state index contributed by atoms with van der Waals surface area (Å²) in [5.74, 6) is 3.58. The van der Waals surface area contributed by atoms with Gasteiger partial charge in [-0.15, -0.1) is 0 Å². The molecule has 1 nitrogen and oxygen atoms in total. The Kier molecular flexibility index (Phi) is 3.06. The topological polar surface area (TPSA) is 17.1 Å². The largest absolute Gasteiger partial charge is 0.303 e. The van der Waals surface area contributed by atoms with Gasteiger partial charge in [0.2, 0.25) is 0 Å². The summed E-state index contributed by atoms with van der Waals surface area (Å²) in [5.41, 5.74) is 0.734. The van der Waals surface area contributed by atoms with Crippen molar-refractivity contribution < 1.29 is 4.79 Å². The van der Waals surface area contributed by atoms with Crippen LogP contribution in [0.25, 0.3) is 0 Å². The third-order valence-electron chi connectivity index (χ3n) is 8.23. The molecule has 4 aliphatic rings. The molecule has 112 valence electrons. The molecule has 0 bridgehead atoms. The molecule has 0 aromatic carbocycles. The lowest BCUT2D eigenvalue weighted by molar-refractivity contribution is -0.135. The summed E-state index contributed by atoms with van der Waals surface area (Å²) in [5, 5.41) is 0. The number of carbonyl (C=O) groups is 1. The third kappa shape index (κ3) is 1.64. The van der Waals surface area contributed by atoms with Crippen molar-refractivity contribution >= 4 is 6.29 Å². The van der Waals surface area contributed by atoms with Gasteiger partial charge in [0.1, 0.15) is 6.29 Å². The van der Waals surface area contributed by atoms with Crippen LogP contribution >= 0.6 is 0 Å². The molecule has 0 aliphatic heterocycles. The maximum absolute atomic E-state index is 11.8. The molecule has 20 heavy (non-hydrogen) atoms. The number of rotatable bonds is 1. The predicted octanol–water partition coefficient (Wildman–Crippen LogP) is 4.99. The lowest BCUT2D eigenvalue weighted by Gasteiger charge is -2.59. The van der Waals surface area contributed by atoms with E-state index in [0.29, 0.717) is 5.41 Å². The number of fused-ring (bicyclic) bond motifs is 5. The summed E-state index contributed by atoms with van der Waals surface area (Å²) < 4.78 is 0. The van der Waals surface area contributed by atoms with Gasteiger partial charge in [-0.3, -0.25) is 0 Å². The number of hydrogen-bond acceptors (Lipinski definition) is 1. The second-order valence-corrected chi connectivity index (χ2v) is 8.68. The lowest BCUT2D eigenvalue weighted by Crippen LogP contribution is -2.52. The zero-order valence-electron chi connectivity index (χ0n) is 13.1. The highest BCUT2D eigenvalue weighted by Crippen LogP contribution is 2.65. The second kappa shape index (κ2) is 4.58. The fourth-order valence-electron chi connectivity index (χ4n) is 7.21. The maximum atomic E-state index is 11.8. The molecular formula is C19H30O. The first-order chi connectivity index (χ1) is 9.70. The molecule has 1 heteroatoms. The molecule has 0 radical (unpaired) electrons. The molecular weight excluding hydrogens is 244 g/mol. The minimum Gasteiger partial charge on any atom is -0.303 e. The summed E-state index contributed by atoms with van der Waals surface area (Å²) in [6.45, 7) is 2.62. The molecule has 0 spiro atoms. The Hall–Kier alpha value is -0.330. The average molecular weight is 274 g/mol. The Bertz CT molecular complexity index is 403. The zero-order chi connectivity index (χ0) is 13.8. The van der Waals surface area contributed by atoms with E-state index in [1.807, 2.05) is 0 Å². The van der Waals surface area contributed by atoms with Crippen LogP contribution in [-0.2, 0) is 4.79 Å². The Balaban J connectivity index is 1.65. The highest BCUT2D eigenvalue weighted by atomic mass is 16.1. The van der Waals surface area contributed by atoms with Crippen LogP contribution in [0.2, 0.25) is 0 Å². The van der Waals surface area contributed by atoms with Crippen LogP contribution in [0.15, 0.2) is 0 Å². The van der Waals surface area contributed by atoms with E-state index in [4.69, 9.17) is 0 Å². The van der Waals surface area contributed by atoms with Gasteiger partial charge in [-0.2, -0.15) is 0 Å². The molecule has 4 fully saturated rings. The minimum atomic E-state index is 0.110. The van der Waals surface area contributed by atoms with Gasteiger partial charge < -0.3 is 4.79 Å². The van der Waals surface area contributed by atoms with E-state index in [1.54, 1.807) is 0 Å². The van der Waals surface area contributed by atoms with E-state index in [1.165, 1.54) is 76.9 Å². The van der Waals surface area contributed by atoms with Crippen LogP contribution < -0.4 is 0 Å². The first-order valence-corrected chi connectivity index (χ1v) is 9.16. The molecule has 0 aromatic heterocycles. The zero-order valence-corrected chi connectivity index (χ0v) is 13.1. The van der Waals surface area contributed by atoms with Crippen molar-refractivity contribution in [2.75, 3.05) is 0 Å². The van der Waals surface area contributed by atoms with Crippen LogP contribution in [0.3, 0.4) is 0 Å². The maximum Gasteiger partial charge on any atom is 0.126 e. The van der Waals surface area contributed by atoms with Crippen molar-refractivity contribution in [1.29, 1.82) is 0 Å². The number of carbonyl (C=O) groups excluding carboxylic acids is 1. The van der Waals surface area contributed by atoms with E-state index in [0.717, 1.165) is 23.7 Å². The molecule has 0 heterocycles. The van der Waals surface area contributed by atoms with Gasteiger partial charge >= 0.3 is 0 Å². The van der Waals surface area contributed by atoms with Crippen molar-refractivity contribution in [1.82, 2.24) is 0 Å². The number of hydrogen-bond donors (Lipinski definition) is 0. The van der Waals surface area contributed by atoms with Gasteiger partial charge in [-0.05, 0) is 80.5 Å². The molecule has 4 rings (SSSR count). The quantitative estimate of drug-likeness (QED) is 0.616. The van der Waals surface area contributed by atoms with Gasteiger partial charge in [0.25, 0.3) is 0 Å². The Morgan fingerprint density at radius 2 is 1.75 bits per heavy atom. The summed E-state index contributed by atoms with van der Waals surface area (Å²) in [6, 6.07) is 0. The van der Waals surface area contributed by atoms with E-state index >= 15 is 0 Å². The molecule has 0 aromatic rings. The molecule has 4 saturated carbocycles. The minimum absolute atomic E-state index is 0.110. The van der Waals surface area contributed by atoms with Crippen molar-refractivity contribution in [2.45, 2.75) is 77.6 Å². The highest BCUT2D eigenvalue weighted by molar-refractivity contribution is 5.61. The van der Waals surface area contributed by atoms with Gasteiger partial charge in [0.05, 0.1) is 0 Å². The smallest absolute Gasteiger partial charge is 0.126 e. The van der Waals surface area contributed by atoms with Crippen LogP contribution in [0.5, 0.6) is 0 Å². The van der Waals surface area contributed by atoms with Crippen molar-refractivity contribution in [3.8, 4) is 0 Å². The van der Waals surface area contributed by atoms with E-state index in [-0.39, 0.29) is 5.41 Å². The predicted molar refractivity (Wildman–Crippen MR) is 81.4 cm³/mol. The standard InChI is InChI=1S/C19H30O/c1-18-10-3-2-5-14(18)7-8-15-16(18)9-12-19(13-20)11-4-6-17(15)19/h13-17H,2-12H2,1H3/t14-,15-,16+,17+,18+,19+/m1/s1. The van der Waals surface area contributed by atoms with Gasteiger partial charge in [-0.25, -0.2) is 0 Å². The third-order valence-corrected chi connectivity index (χ3v) is 8.23. The van der Waals surface area contributed by atoms with Gasteiger partial charge in [0, 0.05) is 5.41 Å². The second-order valence-electron chi connectivity index (χ2n) is 8.68. The van der Waals surface area contributed by atoms with Crippen molar-refractivity contribution in [3.05, 3.63) is 0 Å². The highest BCUT2D eigenvalue weighted by Gasteiger charge is 2.58. The first-order valence-electron chi connectivity index (χ1n) is 9.16. The van der Waals surface area contributed by atoms with Crippen molar-refractivity contribution in [2.24, 2.45) is 34.5 Å². The number of aldehydes is 1.